The highest BCUT2D eigenvalue weighted by Crippen LogP contribution is 2.32. The molecular formula is C27H25Cl3N4. The van der Waals surface area contributed by atoms with E-state index in [2.05, 4.69) is 51.8 Å². The van der Waals surface area contributed by atoms with E-state index in [1.165, 1.54) is 11.3 Å². The van der Waals surface area contributed by atoms with Gasteiger partial charge in [0, 0.05) is 65.9 Å². The van der Waals surface area contributed by atoms with Crippen molar-refractivity contribution in [2.75, 3.05) is 31.1 Å². The summed E-state index contributed by atoms with van der Waals surface area (Å²) >= 11 is 18.8. The van der Waals surface area contributed by atoms with E-state index >= 15 is 0 Å². The normalized spacial score (nSPS) is 14.5. The minimum atomic E-state index is 0.576. The number of anilines is 1. The molecular weight excluding hydrogens is 487 g/mol. The molecule has 5 rings (SSSR count). The zero-order chi connectivity index (χ0) is 23.7. The second-order valence-corrected chi connectivity index (χ2v) is 9.91. The number of nitrogens with zero attached hydrogens (tertiary/aromatic N) is 4. The van der Waals surface area contributed by atoms with E-state index in [0.717, 1.165) is 55.5 Å². The lowest BCUT2D eigenvalue weighted by atomic mass is 10.2. The lowest BCUT2D eigenvalue weighted by molar-refractivity contribution is 0.247. The molecule has 4 aromatic rings. The number of hydrogen-bond acceptors (Lipinski definition) is 3. The maximum absolute atomic E-state index is 6.56. The summed E-state index contributed by atoms with van der Waals surface area (Å²) < 4.78 is 2.07. The maximum Gasteiger partial charge on any atom is 0.146 e. The van der Waals surface area contributed by atoms with E-state index in [4.69, 9.17) is 39.8 Å². The van der Waals surface area contributed by atoms with Gasteiger partial charge in [0.2, 0.25) is 0 Å². The molecule has 0 unspecified atom stereocenters. The van der Waals surface area contributed by atoms with Crippen molar-refractivity contribution >= 4 is 40.5 Å². The Hall–Kier alpha value is -2.50. The number of aryl methyl sites for hydroxylation is 1. The van der Waals surface area contributed by atoms with E-state index < -0.39 is 0 Å². The number of benzene rings is 3. The summed E-state index contributed by atoms with van der Waals surface area (Å²) in [6.45, 7) is 6.86. The highest BCUT2D eigenvalue weighted by Gasteiger charge is 2.20. The van der Waals surface area contributed by atoms with Gasteiger partial charge < -0.3 is 4.90 Å². The minimum absolute atomic E-state index is 0.576. The highest BCUT2D eigenvalue weighted by atomic mass is 35.5. The molecule has 1 saturated heterocycles. The summed E-state index contributed by atoms with van der Waals surface area (Å²) in [5.41, 5.74) is 5.40. The molecule has 2 heterocycles. The molecule has 0 atom stereocenters. The van der Waals surface area contributed by atoms with Crippen LogP contribution in [-0.2, 0) is 6.54 Å². The molecule has 1 aliphatic rings. The smallest absolute Gasteiger partial charge is 0.146 e. The van der Waals surface area contributed by atoms with Crippen LogP contribution in [0.5, 0.6) is 0 Å². The first-order chi connectivity index (χ1) is 16.5. The zero-order valence-corrected chi connectivity index (χ0v) is 21.2. The van der Waals surface area contributed by atoms with Gasteiger partial charge in [0.05, 0.1) is 10.7 Å². The molecule has 0 aliphatic carbocycles. The third kappa shape index (κ3) is 5.11. The molecule has 174 valence electrons. The van der Waals surface area contributed by atoms with Crippen molar-refractivity contribution in [1.82, 2.24) is 14.5 Å². The number of imidazole rings is 1. The fourth-order valence-corrected chi connectivity index (χ4v) is 4.93. The van der Waals surface area contributed by atoms with Crippen LogP contribution in [0, 0.1) is 6.92 Å². The first-order valence-electron chi connectivity index (χ1n) is 11.3. The Morgan fingerprint density at radius 2 is 1.41 bits per heavy atom. The van der Waals surface area contributed by atoms with E-state index in [9.17, 15) is 0 Å². The molecule has 3 aromatic carbocycles. The fourth-order valence-electron chi connectivity index (χ4n) is 4.31. The molecule has 0 N–H and O–H groups in total. The lowest BCUT2D eigenvalue weighted by Crippen LogP contribution is -2.46. The molecule has 1 aliphatic heterocycles. The predicted molar refractivity (Wildman–Crippen MR) is 143 cm³/mol. The number of rotatable bonds is 5. The van der Waals surface area contributed by atoms with Gasteiger partial charge in [-0.2, -0.15) is 0 Å². The SMILES string of the molecule is Cc1ccc(N2CCN(Cc3cn(-c4ccc(Cl)cc4)c(-c4ccc(Cl)cc4Cl)n3)CC2)cc1. The maximum atomic E-state index is 6.56. The Morgan fingerprint density at radius 1 is 0.765 bits per heavy atom. The van der Waals surface area contributed by atoms with Gasteiger partial charge in [-0.15, -0.1) is 0 Å². The van der Waals surface area contributed by atoms with Crippen molar-refractivity contribution in [2.45, 2.75) is 13.5 Å². The fraction of sp³-hybridized carbons (Fsp3) is 0.222. The third-order valence-electron chi connectivity index (χ3n) is 6.19. The quantitative estimate of drug-likeness (QED) is 0.285. The van der Waals surface area contributed by atoms with Crippen LogP contribution in [0.4, 0.5) is 5.69 Å². The summed E-state index contributed by atoms with van der Waals surface area (Å²) in [4.78, 5) is 9.89. The van der Waals surface area contributed by atoms with Crippen LogP contribution in [0.2, 0.25) is 15.1 Å². The lowest BCUT2D eigenvalue weighted by Gasteiger charge is -2.35. The topological polar surface area (TPSA) is 24.3 Å². The van der Waals surface area contributed by atoms with Gasteiger partial charge in [0.15, 0.2) is 0 Å². The van der Waals surface area contributed by atoms with Crippen molar-refractivity contribution in [3.63, 3.8) is 0 Å². The Balaban J connectivity index is 1.38. The van der Waals surface area contributed by atoms with E-state index in [1.54, 1.807) is 6.07 Å². The second-order valence-electron chi connectivity index (χ2n) is 8.63. The van der Waals surface area contributed by atoms with E-state index in [1.807, 2.05) is 36.4 Å². The van der Waals surface area contributed by atoms with E-state index in [-0.39, 0.29) is 0 Å². The molecule has 7 heteroatoms. The van der Waals surface area contributed by atoms with Gasteiger partial charge in [-0.25, -0.2) is 4.98 Å². The number of halogens is 3. The molecule has 0 amide bonds. The molecule has 1 fully saturated rings. The van der Waals surface area contributed by atoms with Gasteiger partial charge >= 0.3 is 0 Å². The van der Waals surface area contributed by atoms with Crippen molar-refractivity contribution in [2.24, 2.45) is 0 Å². The average Bonchev–Trinajstić information content (AvgIpc) is 3.24. The van der Waals surface area contributed by atoms with Crippen LogP contribution in [0.1, 0.15) is 11.3 Å². The second kappa shape index (κ2) is 10.0. The Morgan fingerprint density at radius 3 is 2.09 bits per heavy atom. The molecule has 0 bridgehead atoms. The van der Waals surface area contributed by atoms with Crippen molar-refractivity contribution in [3.8, 4) is 17.1 Å². The zero-order valence-electron chi connectivity index (χ0n) is 18.9. The van der Waals surface area contributed by atoms with Crippen molar-refractivity contribution in [3.05, 3.63) is 99.3 Å². The summed E-state index contributed by atoms with van der Waals surface area (Å²) in [5.74, 6) is 0.789. The summed E-state index contributed by atoms with van der Waals surface area (Å²) in [6, 6.07) is 22.0. The average molecular weight is 512 g/mol. The first-order valence-corrected chi connectivity index (χ1v) is 12.4. The minimum Gasteiger partial charge on any atom is -0.369 e. The summed E-state index contributed by atoms with van der Waals surface area (Å²) in [7, 11) is 0. The van der Waals surface area contributed by atoms with E-state index in [0.29, 0.717) is 15.1 Å². The van der Waals surface area contributed by atoms with Gasteiger partial charge in [-0.3, -0.25) is 9.47 Å². The van der Waals surface area contributed by atoms with Gasteiger partial charge in [0.25, 0.3) is 0 Å². The predicted octanol–water partition coefficient (Wildman–Crippen LogP) is 7.13. The van der Waals surface area contributed by atoms with Gasteiger partial charge in [-0.05, 0) is 61.5 Å². The first kappa shape index (κ1) is 23.3. The number of aromatic nitrogens is 2. The monoisotopic (exact) mass is 510 g/mol. The van der Waals surface area contributed by atoms with Crippen LogP contribution in [-0.4, -0.2) is 40.6 Å². The third-order valence-corrected chi connectivity index (χ3v) is 6.99. The summed E-state index contributed by atoms with van der Waals surface area (Å²) in [5, 5.41) is 1.87. The summed E-state index contributed by atoms with van der Waals surface area (Å²) in [6.07, 6.45) is 2.09. The Kier molecular flexibility index (Phi) is 6.84. The highest BCUT2D eigenvalue weighted by molar-refractivity contribution is 6.36. The van der Waals surface area contributed by atoms with Gasteiger partial charge in [0.1, 0.15) is 5.82 Å². The van der Waals surface area contributed by atoms with Crippen LogP contribution < -0.4 is 4.90 Å². The Bertz CT molecular complexity index is 1270. The van der Waals surface area contributed by atoms with Crippen LogP contribution in [0.15, 0.2) is 72.9 Å². The Labute approximate surface area is 215 Å². The van der Waals surface area contributed by atoms with Gasteiger partial charge in [-0.1, -0.05) is 52.5 Å². The molecule has 1 aromatic heterocycles. The standard InChI is InChI=1S/C27H25Cl3N4/c1-19-2-7-23(8-3-19)33-14-12-32(13-15-33)17-22-18-34(24-9-4-20(28)5-10-24)27(31-22)25-11-6-21(29)16-26(25)30/h2-11,16,18H,12-15,17H2,1H3. The largest absolute Gasteiger partial charge is 0.369 e. The molecule has 0 spiro atoms. The molecule has 34 heavy (non-hydrogen) atoms. The molecule has 4 nitrogen and oxygen atoms in total. The van der Waals surface area contributed by atoms with Crippen LogP contribution in [0.3, 0.4) is 0 Å². The molecule has 0 saturated carbocycles. The van der Waals surface area contributed by atoms with Crippen LogP contribution >= 0.6 is 34.8 Å². The number of piperazine rings is 1. The van der Waals surface area contributed by atoms with Crippen molar-refractivity contribution in [1.29, 1.82) is 0 Å². The molecule has 0 radical (unpaired) electrons. The van der Waals surface area contributed by atoms with Crippen molar-refractivity contribution < 1.29 is 0 Å². The van der Waals surface area contributed by atoms with Crippen LogP contribution in [0.25, 0.3) is 17.1 Å². The number of hydrogen-bond donors (Lipinski definition) is 0.